The molecule has 0 bridgehead atoms. The molecule has 4 aromatic carbocycles. The molecular weight excluding hydrogens is 598 g/mol. The standard InChI is InChI=1S/C37H35N3O5S/c1-4-45-32-13-9-8-12-27(32)22-31(39-35(42)26-10-6-5-7-11-26)36(43)38-28-16-20-30(21-17-28)46-33-23-34(41)40(37(33)44)29-18-14-25(15-19-29)24(2)3/h5-22,24,33H,4,23H2,1-3H3,(H,38,43)(H,39,42)/b31-22-. The van der Waals surface area contributed by atoms with Gasteiger partial charge in [0.1, 0.15) is 11.4 Å². The molecule has 0 radical (unpaired) electrons. The highest BCUT2D eigenvalue weighted by Crippen LogP contribution is 2.35. The second kappa shape index (κ2) is 14.8. The van der Waals surface area contributed by atoms with Crippen LogP contribution in [0.15, 0.2) is 114 Å². The molecule has 4 aromatic rings. The van der Waals surface area contributed by atoms with Gasteiger partial charge in [0.25, 0.3) is 11.8 Å². The molecule has 234 valence electrons. The highest BCUT2D eigenvalue weighted by molar-refractivity contribution is 8.00. The summed E-state index contributed by atoms with van der Waals surface area (Å²) >= 11 is 1.31. The van der Waals surface area contributed by atoms with Gasteiger partial charge in [-0.2, -0.15) is 0 Å². The topological polar surface area (TPSA) is 105 Å². The summed E-state index contributed by atoms with van der Waals surface area (Å²) in [5.41, 5.74) is 3.29. The van der Waals surface area contributed by atoms with Crippen molar-refractivity contribution in [2.45, 2.75) is 43.3 Å². The number of para-hydroxylation sites is 1. The van der Waals surface area contributed by atoms with Crippen molar-refractivity contribution in [3.05, 3.63) is 126 Å². The van der Waals surface area contributed by atoms with Gasteiger partial charge in [0, 0.05) is 28.1 Å². The molecule has 1 fully saturated rings. The maximum atomic E-state index is 13.5. The van der Waals surface area contributed by atoms with Crippen LogP contribution in [0, 0.1) is 0 Å². The normalized spacial score (nSPS) is 14.8. The van der Waals surface area contributed by atoms with Gasteiger partial charge in [-0.25, -0.2) is 4.90 Å². The van der Waals surface area contributed by atoms with Crippen LogP contribution < -0.4 is 20.3 Å². The number of amides is 4. The zero-order valence-corrected chi connectivity index (χ0v) is 26.7. The van der Waals surface area contributed by atoms with Crippen molar-refractivity contribution in [3.63, 3.8) is 0 Å². The lowest BCUT2D eigenvalue weighted by Crippen LogP contribution is -2.31. The number of nitrogens with zero attached hydrogens (tertiary/aromatic N) is 1. The average molecular weight is 634 g/mol. The molecule has 46 heavy (non-hydrogen) atoms. The zero-order chi connectivity index (χ0) is 32.6. The molecule has 0 saturated carbocycles. The average Bonchev–Trinajstić information content (AvgIpc) is 3.34. The van der Waals surface area contributed by atoms with E-state index in [1.54, 1.807) is 66.7 Å². The van der Waals surface area contributed by atoms with E-state index in [2.05, 4.69) is 24.5 Å². The molecular formula is C37H35N3O5S. The lowest BCUT2D eigenvalue weighted by atomic mass is 10.0. The van der Waals surface area contributed by atoms with Gasteiger partial charge in [-0.3, -0.25) is 19.2 Å². The third-order valence-electron chi connectivity index (χ3n) is 7.36. The molecule has 2 N–H and O–H groups in total. The maximum Gasteiger partial charge on any atom is 0.272 e. The number of carbonyl (C=O) groups excluding carboxylic acids is 4. The minimum atomic E-state index is -0.550. The summed E-state index contributed by atoms with van der Waals surface area (Å²) in [6, 6.07) is 30.4. The number of nitrogens with one attached hydrogen (secondary N) is 2. The first-order valence-corrected chi connectivity index (χ1v) is 16.0. The Morgan fingerprint density at radius 1 is 0.913 bits per heavy atom. The highest BCUT2D eigenvalue weighted by Gasteiger charge is 2.40. The maximum absolute atomic E-state index is 13.5. The Morgan fingerprint density at radius 3 is 2.26 bits per heavy atom. The molecule has 8 nitrogen and oxygen atoms in total. The molecule has 1 atom stereocenters. The SMILES string of the molecule is CCOc1ccccc1/C=C(\NC(=O)c1ccccc1)C(=O)Nc1ccc(SC2CC(=O)N(c3ccc(C(C)C)cc3)C2=O)cc1. The summed E-state index contributed by atoms with van der Waals surface area (Å²) in [7, 11) is 0. The van der Waals surface area contributed by atoms with Gasteiger partial charge in [-0.05, 0) is 79.1 Å². The van der Waals surface area contributed by atoms with Crippen molar-refractivity contribution >= 4 is 52.8 Å². The second-order valence-electron chi connectivity index (χ2n) is 11.0. The Kier molecular flexibility index (Phi) is 10.3. The fourth-order valence-corrected chi connectivity index (χ4v) is 5.99. The van der Waals surface area contributed by atoms with Crippen LogP contribution in [0.4, 0.5) is 11.4 Å². The quantitative estimate of drug-likeness (QED) is 0.136. The molecule has 4 amide bonds. The van der Waals surface area contributed by atoms with Crippen molar-refractivity contribution in [3.8, 4) is 5.75 Å². The molecule has 1 saturated heterocycles. The Labute approximate surface area is 272 Å². The van der Waals surface area contributed by atoms with Crippen LogP contribution >= 0.6 is 11.8 Å². The van der Waals surface area contributed by atoms with E-state index in [9.17, 15) is 19.2 Å². The number of rotatable bonds is 11. The third kappa shape index (κ3) is 7.73. The number of hydrogen-bond acceptors (Lipinski definition) is 6. The largest absolute Gasteiger partial charge is 0.493 e. The zero-order valence-electron chi connectivity index (χ0n) is 25.9. The lowest BCUT2D eigenvalue weighted by Gasteiger charge is -2.16. The van der Waals surface area contributed by atoms with E-state index in [1.807, 2.05) is 49.4 Å². The molecule has 9 heteroatoms. The van der Waals surface area contributed by atoms with Crippen LogP contribution in [0.3, 0.4) is 0 Å². The lowest BCUT2D eigenvalue weighted by molar-refractivity contribution is -0.121. The molecule has 5 rings (SSSR count). The first-order chi connectivity index (χ1) is 22.2. The van der Waals surface area contributed by atoms with Crippen molar-refractivity contribution in [1.29, 1.82) is 0 Å². The number of imide groups is 1. The smallest absolute Gasteiger partial charge is 0.272 e. The van der Waals surface area contributed by atoms with E-state index in [-0.39, 0.29) is 23.9 Å². The molecule has 1 aliphatic heterocycles. The Hall–Kier alpha value is -5.15. The van der Waals surface area contributed by atoms with E-state index in [0.29, 0.717) is 40.8 Å². The van der Waals surface area contributed by atoms with Gasteiger partial charge in [0.05, 0.1) is 17.5 Å². The van der Waals surface area contributed by atoms with Crippen LogP contribution in [0.2, 0.25) is 0 Å². The highest BCUT2D eigenvalue weighted by atomic mass is 32.2. The van der Waals surface area contributed by atoms with E-state index >= 15 is 0 Å². The number of carbonyl (C=O) groups is 4. The van der Waals surface area contributed by atoms with E-state index in [1.165, 1.54) is 16.7 Å². The summed E-state index contributed by atoms with van der Waals surface area (Å²) in [5.74, 6) is -0.498. The van der Waals surface area contributed by atoms with Gasteiger partial charge in [0.15, 0.2) is 0 Å². The summed E-state index contributed by atoms with van der Waals surface area (Å²) < 4.78 is 5.71. The summed E-state index contributed by atoms with van der Waals surface area (Å²) in [6.45, 7) is 6.49. The van der Waals surface area contributed by atoms with E-state index < -0.39 is 17.1 Å². The number of hydrogen-bond donors (Lipinski definition) is 2. The van der Waals surface area contributed by atoms with Gasteiger partial charge in [0.2, 0.25) is 11.8 Å². The number of ether oxygens (including phenoxy) is 1. The molecule has 0 spiro atoms. The van der Waals surface area contributed by atoms with Crippen molar-refractivity contribution in [2.24, 2.45) is 0 Å². The summed E-state index contributed by atoms with van der Waals surface area (Å²) in [4.78, 5) is 54.6. The number of thioether (sulfide) groups is 1. The van der Waals surface area contributed by atoms with Gasteiger partial charge in [-0.1, -0.05) is 62.4 Å². The van der Waals surface area contributed by atoms with Crippen molar-refractivity contribution < 1.29 is 23.9 Å². The third-order valence-corrected chi connectivity index (χ3v) is 8.56. The molecule has 1 aliphatic rings. The molecule has 0 aliphatic carbocycles. The first-order valence-electron chi connectivity index (χ1n) is 15.1. The summed E-state index contributed by atoms with van der Waals surface area (Å²) in [6.07, 6.45) is 1.68. The second-order valence-corrected chi connectivity index (χ2v) is 12.2. The number of benzene rings is 4. The molecule has 1 heterocycles. The fourth-order valence-electron chi connectivity index (χ4n) is 4.94. The fraction of sp³-hybridized carbons (Fsp3) is 0.189. The summed E-state index contributed by atoms with van der Waals surface area (Å²) in [5, 5.41) is 5.04. The van der Waals surface area contributed by atoms with Crippen LogP contribution in [-0.2, 0) is 14.4 Å². The predicted molar refractivity (Wildman–Crippen MR) is 182 cm³/mol. The van der Waals surface area contributed by atoms with Crippen LogP contribution in [0.25, 0.3) is 6.08 Å². The Bertz CT molecular complexity index is 1750. The van der Waals surface area contributed by atoms with Crippen molar-refractivity contribution in [1.82, 2.24) is 5.32 Å². The Balaban J connectivity index is 1.29. The first kappa shape index (κ1) is 32.2. The molecule has 0 aromatic heterocycles. The van der Waals surface area contributed by atoms with Gasteiger partial charge < -0.3 is 15.4 Å². The Morgan fingerprint density at radius 2 is 1.59 bits per heavy atom. The minimum absolute atomic E-state index is 0.0380. The van der Waals surface area contributed by atoms with Gasteiger partial charge >= 0.3 is 0 Å². The molecule has 1 unspecified atom stereocenters. The predicted octanol–water partition coefficient (Wildman–Crippen LogP) is 7.04. The van der Waals surface area contributed by atoms with E-state index in [0.717, 1.165) is 10.5 Å². The van der Waals surface area contributed by atoms with Gasteiger partial charge in [-0.15, -0.1) is 11.8 Å². The monoisotopic (exact) mass is 633 g/mol. The van der Waals surface area contributed by atoms with Crippen LogP contribution in [0.1, 0.15) is 54.6 Å². The van der Waals surface area contributed by atoms with Crippen LogP contribution in [0.5, 0.6) is 5.75 Å². The number of anilines is 2. The van der Waals surface area contributed by atoms with Crippen LogP contribution in [-0.4, -0.2) is 35.5 Å². The van der Waals surface area contributed by atoms with Crippen molar-refractivity contribution in [2.75, 3.05) is 16.8 Å². The minimum Gasteiger partial charge on any atom is -0.493 e. The van der Waals surface area contributed by atoms with E-state index in [4.69, 9.17) is 4.74 Å².